The number of aromatic nitrogens is 2. The number of thiophene rings is 1. The van der Waals surface area contributed by atoms with E-state index in [0.29, 0.717) is 19.6 Å². The van der Waals surface area contributed by atoms with Crippen LogP contribution >= 0.6 is 11.3 Å². The molecule has 0 N–H and O–H groups in total. The standard InChI is InChI=1S/C34H33F4N3O2S/c1-2-3-18-41-30(31(27-17-19-44-23-27)39-32(41)26-7-5-4-6-8-26)22-40(20-24-9-13-28(14-10-24)42-33(35)36)21-25-11-15-29(16-12-25)43-34(37)38/h4-17,19,23,33-34H,2-3,18,20-22H2,1H3. The van der Waals surface area contributed by atoms with Crippen molar-refractivity contribution in [1.29, 1.82) is 0 Å². The molecule has 230 valence electrons. The third-order valence-electron chi connectivity index (χ3n) is 7.12. The van der Waals surface area contributed by atoms with Gasteiger partial charge >= 0.3 is 13.2 Å². The van der Waals surface area contributed by atoms with E-state index in [0.717, 1.165) is 58.9 Å². The second-order valence-corrected chi connectivity index (χ2v) is 11.1. The van der Waals surface area contributed by atoms with Gasteiger partial charge < -0.3 is 14.0 Å². The van der Waals surface area contributed by atoms with Crippen molar-refractivity contribution in [1.82, 2.24) is 14.5 Å². The lowest BCUT2D eigenvalue weighted by Gasteiger charge is -2.25. The molecule has 0 aliphatic heterocycles. The first kappa shape index (κ1) is 31.3. The second-order valence-electron chi connectivity index (χ2n) is 10.3. The number of imidazole rings is 1. The molecule has 0 atom stereocenters. The predicted octanol–water partition coefficient (Wildman–Crippen LogP) is 9.48. The number of ether oxygens (including phenoxy) is 2. The lowest BCUT2D eigenvalue weighted by atomic mass is 10.1. The van der Waals surface area contributed by atoms with Crippen LogP contribution in [0.4, 0.5) is 17.6 Å². The molecule has 3 aromatic carbocycles. The number of rotatable bonds is 15. The van der Waals surface area contributed by atoms with Crippen molar-refractivity contribution in [3.63, 3.8) is 0 Å². The summed E-state index contributed by atoms with van der Waals surface area (Å²) in [6, 6.07) is 25.4. The molecule has 2 heterocycles. The molecule has 0 saturated carbocycles. The normalized spacial score (nSPS) is 11.5. The quantitative estimate of drug-likeness (QED) is 0.109. The molecule has 0 fully saturated rings. The molecule has 10 heteroatoms. The molecule has 0 aliphatic rings. The molecule has 5 nitrogen and oxygen atoms in total. The van der Waals surface area contributed by atoms with Crippen LogP contribution in [0.25, 0.3) is 22.6 Å². The highest BCUT2D eigenvalue weighted by atomic mass is 32.1. The molecular formula is C34H33F4N3O2S. The highest BCUT2D eigenvalue weighted by molar-refractivity contribution is 7.08. The maximum Gasteiger partial charge on any atom is 0.387 e. The summed E-state index contributed by atoms with van der Waals surface area (Å²) in [6.07, 6.45) is 1.99. The van der Waals surface area contributed by atoms with Gasteiger partial charge in [-0.05, 0) is 53.3 Å². The summed E-state index contributed by atoms with van der Waals surface area (Å²) in [4.78, 5) is 7.42. The number of alkyl halides is 4. The van der Waals surface area contributed by atoms with E-state index >= 15 is 0 Å². The Morgan fingerprint density at radius 2 is 1.34 bits per heavy atom. The maximum atomic E-state index is 12.7. The molecule has 2 aromatic heterocycles. The third kappa shape index (κ3) is 8.27. The highest BCUT2D eigenvalue weighted by Crippen LogP contribution is 2.33. The minimum Gasteiger partial charge on any atom is -0.435 e. The highest BCUT2D eigenvalue weighted by Gasteiger charge is 2.22. The lowest BCUT2D eigenvalue weighted by Crippen LogP contribution is -2.24. The van der Waals surface area contributed by atoms with Gasteiger partial charge in [-0.25, -0.2) is 4.98 Å². The Morgan fingerprint density at radius 3 is 1.84 bits per heavy atom. The minimum absolute atomic E-state index is 0.0924. The van der Waals surface area contributed by atoms with Crippen LogP contribution in [0.15, 0.2) is 95.7 Å². The number of hydrogen-bond acceptors (Lipinski definition) is 5. The second kappa shape index (κ2) is 15.0. The summed E-state index contributed by atoms with van der Waals surface area (Å²) in [7, 11) is 0. The van der Waals surface area contributed by atoms with Gasteiger partial charge in [0.15, 0.2) is 0 Å². The van der Waals surface area contributed by atoms with Gasteiger partial charge in [0.1, 0.15) is 17.3 Å². The summed E-state index contributed by atoms with van der Waals surface area (Å²) in [5.41, 5.74) is 5.86. The molecule has 5 rings (SSSR count). The van der Waals surface area contributed by atoms with Gasteiger partial charge in [0, 0.05) is 42.7 Å². The zero-order valence-electron chi connectivity index (χ0n) is 24.2. The van der Waals surface area contributed by atoms with Gasteiger partial charge in [-0.2, -0.15) is 28.9 Å². The fourth-order valence-corrected chi connectivity index (χ4v) is 5.73. The van der Waals surface area contributed by atoms with Gasteiger partial charge in [0.25, 0.3) is 0 Å². The van der Waals surface area contributed by atoms with E-state index in [9.17, 15) is 17.6 Å². The van der Waals surface area contributed by atoms with Crippen molar-refractivity contribution < 1.29 is 27.0 Å². The van der Waals surface area contributed by atoms with E-state index in [1.165, 1.54) is 24.3 Å². The molecular weight excluding hydrogens is 590 g/mol. The zero-order chi connectivity index (χ0) is 30.9. The number of halogens is 4. The average Bonchev–Trinajstić information content (AvgIpc) is 3.66. The van der Waals surface area contributed by atoms with Gasteiger partial charge in [0.05, 0.1) is 11.4 Å². The van der Waals surface area contributed by atoms with Crippen molar-refractivity contribution in [3.05, 3.63) is 113 Å². The van der Waals surface area contributed by atoms with Gasteiger partial charge in [-0.15, -0.1) is 0 Å². The average molecular weight is 624 g/mol. The Labute approximate surface area is 258 Å². The Morgan fingerprint density at radius 1 is 0.750 bits per heavy atom. The topological polar surface area (TPSA) is 39.5 Å². The molecule has 0 amide bonds. The Hall–Kier alpha value is -4.15. The van der Waals surface area contributed by atoms with Gasteiger partial charge in [-0.3, -0.25) is 4.90 Å². The van der Waals surface area contributed by atoms with E-state index in [2.05, 4.69) is 49.4 Å². The molecule has 5 aromatic rings. The fraction of sp³-hybridized carbons (Fsp3) is 0.265. The van der Waals surface area contributed by atoms with Crippen LogP contribution in [0.3, 0.4) is 0 Å². The van der Waals surface area contributed by atoms with Gasteiger partial charge in [-0.1, -0.05) is 67.9 Å². The molecule has 0 bridgehead atoms. The number of unbranched alkanes of at least 4 members (excludes halogenated alkanes) is 1. The zero-order valence-corrected chi connectivity index (χ0v) is 25.0. The summed E-state index contributed by atoms with van der Waals surface area (Å²) >= 11 is 1.61. The summed E-state index contributed by atoms with van der Waals surface area (Å²) < 4.78 is 62.3. The summed E-state index contributed by atoms with van der Waals surface area (Å²) in [5.74, 6) is 1.09. The first-order chi connectivity index (χ1) is 21.4. The third-order valence-corrected chi connectivity index (χ3v) is 7.80. The largest absolute Gasteiger partial charge is 0.435 e. The smallest absolute Gasteiger partial charge is 0.387 e. The maximum absolute atomic E-state index is 12.7. The van der Waals surface area contributed by atoms with Crippen molar-refractivity contribution in [2.75, 3.05) is 0 Å². The van der Waals surface area contributed by atoms with E-state index in [1.807, 2.05) is 23.6 Å². The molecule has 0 saturated heterocycles. The summed E-state index contributed by atoms with van der Waals surface area (Å²) in [5, 5.41) is 4.13. The first-order valence-electron chi connectivity index (χ1n) is 14.4. The Kier molecular flexibility index (Phi) is 10.7. The predicted molar refractivity (Wildman–Crippen MR) is 165 cm³/mol. The van der Waals surface area contributed by atoms with Gasteiger partial charge in [0.2, 0.25) is 0 Å². The van der Waals surface area contributed by atoms with Crippen molar-refractivity contribution in [2.45, 2.75) is 59.2 Å². The molecule has 0 radical (unpaired) electrons. The van der Waals surface area contributed by atoms with E-state index in [1.54, 1.807) is 35.6 Å². The van der Waals surface area contributed by atoms with Crippen LogP contribution in [0.5, 0.6) is 11.5 Å². The van der Waals surface area contributed by atoms with Crippen LogP contribution < -0.4 is 9.47 Å². The summed E-state index contributed by atoms with van der Waals surface area (Å²) in [6.45, 7) is -1.33. The lowest BCUT2D eigenvalue weighted by molar-refractivity contribution is -0.0505. The number of benzene rings is 3. The van der Waals surface area contributed by atoms with E-state index < -0.39 is 13.2 Å². The van der Waals surface area contributed by atoms with Crippen LogP contribution in [0, 0.1) is 0 Å². The Balaban J connectivity index is 1.53. The molecule has 44 heavy (non-hydrogen) atoms. The Bertz CT molecular complexity index is 1520. The fourth-order valence-electron chi connectivity index (χ4n) is 5.09. The SMILES string of the molecule is CCCCn1c(-c2ccccc2)nc(-c2ccsc2)c1CN(Cc1ccc(OC(F)F)cc1)Cc1ccc(OC(F)F)cc1. The van der Waals surface area contributed by atoms with Crippen molar-refractivity contribution in [3.8, 4) is 34.1 Å². The van der Waals surface area contributed by atoms with E-state index in [4.69, 9.17) is 4.98 Å². The van der Waals surface area contributed by atoms with E-state index in [-0.39, 0.29) is 11.5 Å². The number of hydrogen-bond donors (Lipinski definition) is 0. The van der Waals surface area contributed by atoms with Crippen LogP contribution in [-0.2, 0) is 26.2 Å². The van der Waals surface area contributed by atoms with Crippen LogP contribution in [0.2, 0.25) is 0 Å². The minimum atomic E-state index is -2.90. The number of nitrogens with zero attached hydrogens (tertiary/aromatic N) is 3. The molecule has 0 spiro atoms. The monoisotopic (exact) mass is 623 g/mol. The molecule has 0 unspecified atom stereocenters. The van der Waals surface area contributed by atoms with Crippen molar-refractivity contribution >= 4 is 11.3 Å². The first-order valence-corrected chi connectivity index (χ1v) is 15.3. The van der Waals surface area contributed by atoms with Crippen molar-refractivity contribution in [2.24, 2.45) is 0 Å². The van der Waals surface area contributed by atoms with Crippen LogP contribution in [-0.4, -0.2) is 27.7 Å². The van der Waals surface area contributed by atoms with Crippen LogP contribution in [0.1, 0.15) is 36.6 Å². The molecule has 0 aliphatic carbocycles.